The van der Waals surface area contributed by atoms with Crippen molar-refractivity contribution in [2.75, 3.05) is 6.61 Å². The third kappa shape index (κ3) is 5.15. The Labute approximate surface area is 156 Å². The van der Waals surface area contributed by atoms with Crippen LogP contribution in [0.15, 0.2) is 30.3 Å². The lowest BCUT2D eigenvalue weighted by Gasteiger charge is -2.15. The Hall–Kier alpha value is -2.16. The molecular formula is C15H12Cl2N2O5S. The number of thiophene rings is 1. The monoisotopic (exact) mass is 402 g/mol. The van der Waals surface area contributed by atoms with Gasteiger partial charge < -0.3 is 10.1 Å². The number of carbonyl (C=O) groups is 2. The molecular weight excluding hydrogens is 391 g/mol. The van der Waals surface area contributed by atoms with Crippen molar-refractivity contribution in [3.63, 3.8) is 0 Å². The van der Waals surface area contributed by atoms with E-state index in [9.17, 15) is 19.7 Å². The fraction of sp³-hybridized carbons (Fsp3) is 0.200. The lowest BCUT2D eigenvalue weighted by molar-refractivity contribution is -0.380. The number of amides is 1. The zero-order valence-electron chi connectivity index (χ0n) is 12.8. The van der Waals surface area contributed by atoms with Crippen LogP contribution in [0.2, 0.25) is 10.0 Å². The largest absolute Gasteiger partial charge is 0.451 e. The van der Waals surface area contributed by atoms with E-state index < -0.39 is 23.4 Å². The van der Waals surface area contributed by atoms with E-state index >= 15 is 0 Å². The van der Waals surface area contributed by atoms with Crippen LogP contribution in [0.25, 0.3) is 0 Å². The summed E-state index contributed by atoms with van der Waals surface area (Å²) >= 11 is 12.4. The second-order valence-electron chi connectivity index (χ2n) is 4.93. The average Bonchev–Trinajstić information content (AvgIpc) is 3.05. The molecule has 1 atom stereocenters. The Kier molecular flexibility index (Phi) is 6.35. The van der Waals surface area contributed by atoms with Crippen molar-refractivity contribution in [1.29, 1.82) is 0 Å². The summed E-state index contributed by atoms with van der Waals surface area (Å²) in [6.45, 7) is 1.23. The van der Waals surface area contributed by atoms with Crippen LogP contribution in [0, 0.1) is 10.1 Å². The second-order valence-corrected chi connectivity index (χ2v) is 6.81. The number of hydrogen-bond acceptors (Lipinski definition) is 6. The van der Waals surface area contributed by atoms with E-state index in [1.807, 2.05) is 0 Å². The van der Waals surface area contributed by atoms with Crippen LogP contribution in [0.1, 0.15) is 28.2 Å². The molecule has 2 rings (SSSR count). The molecule has 1 heterocycles. The first-order valence-corrected chi connectivity index (χ1v) is 8.51. The maximum Gasteiger partial charge on any atom is 0.349 e. The van der Waals surface area contributed by atoms with Crippen molar-refractivity contribution < 1.29 is 19.2 Å². The van der Waals surface area contributed by atoms with Crippen molar-refractivity contribution in [3.05, 3.63) is 60.9 Å². The Morgan fingerprint density at radius 3 is 2.60 bits per heavy atom. The Bertz CT molecular complexity index is 824. The summed E-state index contributed by atoms with van der Waals surface area (Å²) in [4.78, 5) is 33.7. The van der Waals surface area contributed by atoms with Crippen molar-refractivity contribution >= 4 is 51.4 Å². The molecule has 0 saturated heterocycles. The number of nitrogens with one attached hydrogen (secondary N) is 1. The van der Waals surface area contributed by atoms with Gasteiger partial charge in [0.15, 0.2) is 6.61 Å². The van der Waals surface area contributed by atoms with Gasteiger partial charge in [-0.05, 0) is 30.7 Å². The average molecular weight is 403 g/mol. The van der Waals surface area contributed by atoms with Gasteiger partial charge in [0.1, 0.15) is 4.88 Å². The van der Waals surface area contributed by atoms with E-state index in [-0.39, 0.29) is 15.9 Å². The van der Waals surface area contributed by atoms with Gasteiger partial charge in [-0.3, -0.25) is 14.9 Å². The topological polar surface area (TPSA) is 98.5 Å². The summed E-state index contributed by atoms with van der Waals surface area (Å²) < 4.78 is 4.85. The molecule has 1 N–H and O–H groups in total. The number of esters is 1. The van der Waals surface area contributed by atoms with E-state index in [0.29, 0.717) is 21.4 Å². The third-order valence-corrected chi connectivity index (χ3v) is 4.88. The molecule has 0 bridgehead atoms. The Morgan fingerprint density at radius 2 is 2.00 bits per heavy atom. The molecule has 25 heavy (non-hydrogen) atoms. The first-order chi connectivity index (χ1) is 11.8. The summed E-state index contributed by atoms with van der Waals surface area (Å²) in [6, 6.07) is 7.08. The predicted octanol–water partition coefficient (Wildman–Crippen LogP) is 4.00. The molecule has 1 unspecified atom stereocenters. The van der Waals surface area contributed by atoms with E-state index in [1.165, 1.54) is 12.1 Å². The molecule has 1 aromatic heterocycles. The van der Waals surface area contributed by atoms with Crippen LogP contribution in [-0.2, 0) is 9.53 Å². The van der Waals surface area contributed by atoms with Gasteiger partial charge in [-0.2, -0.15) is 0 Å². The van der Waals surface area contributed by atoms with Gasteiger partial charge in [-0.15, -0.1) is 0 Å². The van der Waals surface area contributed by atoms with Crippen molar-refractivity contribution in [1.82, 2.24) is 5.32 Å². The summed E-state index contributed by atoms with van der Waals surface area (Å²) in [6.07, 6.45) is 0. The number of nitrogens with zero attached hydrogens (tertiary/aromatic N) is 1. The molecule has 0 aliphatic rings. The van der Waals surface area contributed by atoms with Crippen LogP contribution in [0.3, 0.4) is 0 Å². The molecule has 2 aromatic rings. The minimum absolute atomic E-state index is 0.0528. The minimum Gasteiger partial charge on any atom is -0.451 e. The number of rotatable bonds is 6. The normalized spacial score (nSPS) is 11.6. The SMILES string of the molecule is CC(NC(=O)COC(=O)c1ccc([N+](=O)[O-])s1)c1ccc(Cl)c(Cl)c1. The fourth-order valence-electron chi connectivity index (χ4n) is 1.89. The van der Waals surface area contributed by atoms with Crippen LogP contribution >= 0.6 is 34.5 Å². The molecule has 0 fully saturated rings. The Balaban J connectivity index is 1.87. The Morgan fingerprint density at radius 1 is 1.28 bits per heavy atom. The van der Waals surface area contributed by atoms with E-state index in [0.717, 1.165) is 5.56 Å². The molecule has 0 spiro atoms. The highest BCUT2D eigenvalue weighted by Crippen LogP contribution is 2.26. The highest BCUT2D eigenvalue weighted by Gasteiger charge is 2.18. The number of ether oxygens (including phenoxy) is 1. The number of halogens is 2. The van der Waals surface area contributed by atoms with Gasteiger partial charge in [0.2, 0.25) is 0 Å². The second kappa shape index (κ2) is 8.28. The van der Waals surface area contributed by atoms with Crippen molar-refractivity contribution in [2.45, 2.75) is 13.0 Å². The standard InChI is InChI=1S/C15H12Cl2N2O5S/c1-8(9-2-3-10(16)11(17)6-9)18-13(20)7-24-15(21)12-4-5-14(25-12)19(22)23/h2-6,8H,7H2,1H3,(H,18,20). The van der Waals surface area contributed by atoms with Gasteiger partial charge >= 0.3 is 11.0 Å². The lowest BCUT2D eigenvalue weighted by atomic mass is 10.1. The zero-order valence-corrected chi connectivity index (χ0v) is 15.2. The molecule has 7 nitrogen and oxygen atoms in total. The van der Waals surface area contributed by atoms with Crippen LogP contribution in [0.4, 0.5) is 5.00 Å². The summed E-state index contributed by atoms with van der Waals surface area (Å²) in [7, 11) is 0. The minimum atomic E-state index is -0.796. The smallest absolute Gasteiger partial charge is 0.349 e. The van der Waals surface area contributed by atoms with Crippen molar-refractivity contribution in [3.8, 4) is 0 Å². The summed E-state index contributed by atoms with van der Waals surface area (Å²) in [5, 5.41) is 13.8. The zero-order chi connectivity index (χ0) is 18.6. The van der Waals surface area contributed by atoms with Gasteiger partial charge in [0.25, 0.3) is 5.91 Å². The summed E-state index contributed by atoms with van der Waals surface area (Å²) in [5.41, 5.74) is 0.739. The third-order valence-electron chi connectivity index (χ3n) is 3.13. The predicted molar refractivity (Wildman–Crippen MR) is 94.3 cm³/mol. The van der Waals surface area contributed by atoms with Crippen LogP contribution in [-0.4, -0.2) is 23.4 Å². The number of benzene rings is 1. The van der Waals surface area contributed by atoms with Gasteiger partial charge in [0, 0.05) is 6.07 Å². The molecule has 0 saturated carbocycles. The van der Waals surface area contributed by atoms with Gasteiger partial charge in [-0.25, -0.2) is 4.79 Å². The van der Waals surface area contributed by atoms with E-state index in [1.54, 1.807) is 25.1 Å². The number of nitro groups is 1. The maximum absolute atomic E-state index is 11.9. The van der Waals surface area contributed by atoms with Gasteiger partial charge in [-0.1, -0.05) is 40.6 Å². The first kappa shape index (κ1) is 19.2. The number of carbonyl (C=O) groups excluding carboxylic acids is 2. The van der Waals surface area contributed by atoms with Gasteiger partial charge in [0.05, 0.1) is 21.0 Å². The molecule has 1 amide bonds. The highest BCUT2D eigenvalue weighted by molar-refractivity contribution is 7.17. The lowest BCUT2D eigenvalue weighted by Crippen LogP contribution is -2.31. The van der Waals surface area contributed by atoms with Crippen molar-refractivity contribution in [2.24, 2.45) is 0 Å². The quantitative estimate of drug-likeness (QED) is 0.447. The molecule has 132 valence electrons. The maximum atomic E-state index is 11.9. The summed E-state index contributed by atoms with van der Waals surface area (Å²) in [5.74, 6) is -1.31. The molecule has 10 heteroatoms. The van der Waals surface area contributed by atoms with E-state index in [2.05, 4.69) is 5.32 Å². The molecule has 0 radical (unpaired) electrons. The number of hydrogen-bond donors (Lipinski definition) is 1. The highest BCUT2D eigenvalue weighted by atomic mass is 35.5. The molecule has 1 aromatic carbocycles. The van der Waals surface area contributed by atoms with E-state index in [4.69, 9.17) is 27.9 Å². The molecule has 0 aliphatic carbocycles. The van der Waals surface area contributed by atoms with Crippen LogP contribution < -0.4 is 5.32 Å². The molecule has 0 aliphatic heterocycles. The first-order valence-electron chi connectivity index (χ1n) is 6.93. The van der Waals surface area contributed by atoms with Crippen LogP contribution in [0.5, 0.6) is 0 Å². The fourth-order valence-corrected chi connectivity index (χ4v) is 2.91.